The quantitative estimate of drug-likeness (QED) is 0.393. The summed E-state index contributed by atoms with van der Waals surface area (Å²) < 4.78 is 10.8. The molecule has 3 amide bonds. The molecule has 2 saturated heterocycles. The molecule has 4 rings (SSSR count). The highest BCUT2D eigenvalue weighted by atomic mass is 32.2. The molecule has 0 spiro atoms. The maximum absolute atomic E-state index is 12.6. The van der Waals surface area contributed by atoms with Crippen LogP contribution in [0.3, 0.4) is 0 Å². The molecule has 3 heterocycles. The van der Waals surface area contributed by atoms with Crippen molar-refractivity contribution in [2.24, 2.45) is 0 Å². The fourth-order valence-corrected chi connectivity index (χ4v) is 4.05. The topological polar surface area (TPSA) is 123 Å². The molecule has 2 fully saturated rings. The van der Waals surface area contributed by atoms with Crippen LogP contribution in [0.15, 0.2) is 45.7 Å². The number of benzene rings is 1. The number of rotatable bonds is 5. The highest BCUT2D eigenvalue weighted by molar-refractivity contribution is 8.18. The highest BCUT2D eigenvalue weighted by Crippen LogP contribution is 2.35. The van der Waals surface area contributed by atoms with Crippen LogP contribution >= 0.6 is 11.8 Å². The van der Waals surface area contributed by atoms with Crippen LogP contribution in [0.1, 0.15) is 5.76 Å². The summed E-state index contributed by atoms with van der Waals surface area (Å²) >= 11 is 0.713. The van der Waals surface area contributed by atoms with Gasteiger partial charge < -0.3 is 14.1 Å². The molecule has 31 heavy (non-hydrogen) atoms. The number of hydrogen-bond acceptors (Lipinski definition) is 8. The molecule has 10 nitrogen and oxygen atoms in total. The van der Waals surface area contributed by atoms with Gasteiger partial charge in [0.15, 0.2) is 0 Å². The zero-order valence-electron chi connectivity index (χ0n) is 16.2. The Morgan fingerprint density at radius 2 is 1.90 bits per heavy atom. The minimum Gasteiger partial charge on any atom is -0.456 e. The van der Waals surface area contributed by atoms with E-state index in [1.54, 1.807) is 35.2 Å². The van der Waals surface area contributed by atoms with Crippen molar-refractivity contribution >= 4 is 40.6 Å². The number of nitrogens with zero attached hydrogens (tertiary/aromatic N) is 3. The summed E-state index contributed by atoms with van der Waals surface area (Å²) in [5.74, 6) is -0.373. The van der Waals surface area contributed by atoms with Crippen molar-refractivity contribution in [2.75, 3.05) is 32.8 Å². The van der Waals surface area contributed by atoms with Crippen LogP contribution in [0.2, 0.25) is 0 Å². The summed E-state index contributed by atoms with van der Waals surface area (Å²) in [6, 6.07) is 9.25. The molecule has 0 saturated carbocycles. The van der Waals surface area contributed by atoms with E-state index in [0.29, 0.717) is 43.6 Å². The van der Waals surface area contributed by atoms with Gasteiger partial charge >= 0.3 is 0 Å². The van der Waals surface area contributed by atoms with Crippen LogP contribution in [-0.2, 0) is 14.3 Å². The molecule has 160 valence electrons. The van der Waals surface area contributed by atoms with E-state index in [2.05, 4.69) is 0 Å². The molecule has 1 aromatic carbocycles. The number of imide groups is 1. The first-order valence-corrected chi connectivity index (χ1v) is 10.2. The Morgan fingerprint density at radius 1 is 1.16 bits per heavy atom. The summed E-state index contributed by atoms with van der Waals surface area (Å²) in [6.07, 6.45) is 1.39. The number of carbonyl (C=O) groups is 3. The van der Waals surface area contributed by atoms with Crippen molar-refractivity contribution in [2.45, 2.75) is 0 Å². The number of morpholine rings is 1. The highest BCUT2D eigenvalue weighted by Gasteiger charge is 2.37. The summed E-state index contributed by atoms with van der Waals surface area (Å²) in [4.78, 5) is 50.6. The lowest BCUT2D eigenvalue weighted by Crippen LogP contribution is -2.46. The zero-order valence-corrected chi connectivity index (χ0v) is 17.0. The Kier molecular flexibility index (Phi) is 5.87. The molecule has 2 aliphatic rings. The van der Waals surface area contributed by atoms with E-state index in [9.17, 15) is 24.5 Å². The van der Waals surface area contributed by atoms with Crippen molar-refractivity contribution in [1.82, 2.24) is 9.80 Å². The van der Waals surface area contributed by atoms with Crippen molar-refractivity contribution < 1.29 is 28.5 Å². The minimum absolute atomic E-state index is 0.106. The molecule has 1 aromatic heterocycles. The first kappa shape index (κ1) is 20.8. The van der Waals surface area contributed by atoms with E-state index in [1.165, 1.54) is 12.1 Å². The van der Waals surface area contributed by atoms with Gasteiger partial charge in [0.25, 0.3) is 16.8 Å². The third-order valence-electron chi connectivity index (χ3n) is 4.80. The molecule has 0 atom stereocenters. The number of furan rings is 1. The smallest absolute Gasteiger partial charge is 0.294 e. The van der Waals surface area contributed by atoms with Crippen molar-refractivity contribution in [1.29, 1.82) is 0 Å². The minimum atomic E-state index is -0.583. The van der Waals surface area contributed by atoms with Crippen LogP contribution in [0.25, 0.3) is 17.4 Å². The van der Waals surface area contributed by atoms with E-state index < -0.39 is 16.1 Å². The van der Waals surface area contributed by atoms with Gasteiger partial charge in [-0.15, -0.1) is 0 Å². The van der Waals surface area contributed by atoms with E-state index >= 15 is 0 Å². The summed E-state index contributed by atoms with van der Waals surface area (Å²) in [7, 11) is 0. The molecule has 2 aliphatic heterocycles. The van der Waals surface area contributed by atoms with Crippen molar-refractivity contribution in [3.05, 3.63) is 57.2 Å². The lowest BCUT2D eigenvalue weighted by Gasteiger charge is -2.27. The molecule has 0 N–H and O–H groups in total. The number of hydrogen-bond donors (Lipinski definition) is 0. The maximum atomic E-state index is 12.6. The Morgan fingerprint density at radius 3 is 2.65 bits per heavy atom. The third-order valence-corrected chi connectivity index (χ3v) is 5.70. The molecular weight excluding hydrogens is 426 g/mol. The first-order chi connectivity index (χ1) is 14.9. The van der Waals surface area contributed by atoms with E-state index in [4.69, 9.17) is 9.15 Å². The molecule has 0 aliphatic carbocycles. The predicted octanol–water partition coefficient (Wildman–Crippen LogP) is 2.75. The van der Waals surface area contributed by atoms with Crippen LogP contribution in [0.5, 0.6) is 0 Å². The SMILES string of the molecule is O=C(CN1C(=O)S/C(=C\c2ccc(-c3ccccc3[N+](=O)[O-])o2)C1=O)N1CCOCC1. The second-order valence-electron chi connectivity index (χ2n) is 6.74. The van der Waals surface area contributed by atoms with Gasteiger partial charge in [-0.1, -0.05) is 12.1 Å². The van der Waals surface area contributed by atoms with Gasteiger partial charge in [-0.25, -0.2) is 0 Å². The predicted molar refractivity (Wildman–Crippen MR) is 111 cm³/mol. The number of para-hydroxylation sites is 1. The number of amides is 3. The summed E-state index contributed by atoms with van der Waals surface area (Å²) in [5, 5.41) is 10.7. The molecule has 0 bridgehead atoms. The Hall–Kier alpha value is -3.44. The van der Waals surface area contributed by atoms with Crippen LogP contribution in [-0.4, -0.2) is 64.6 Å². The average Bonchev–Trinajstić information content (AvgIpc) is 3.34. The van der Waals surface area contributed by atoms with E-state index in [1.807, 2.05) is 0 Å². The Balaban J connectivity index is 1.50. The fourth-order valence-electron chi connectivity index (χ4n) is 3.23. The Labute approximate surface area is 180 Å². The fraction of sp³-hybridized carbons (Fsp3) is 0.250. The summed E-state index contributed by atoms with van der Waals surface area (Å²) in [6.45, 7) is 1.36. The van der Waals surface area contributed by atoms with Gasteiger partial charge in [0.2, 0.25) is 5.91 Å². The van der Waals surface area contributed by atoms with Gasteiger partial charge in [-0.3, -0.25) is 29.4 Å². The molecule has 11 heteroatoms. The lowest BCUT2D eigenvalue weighted by molar-refractivity contribution is -0.384. The second-order valence-corrected chi connectivity index (χ2v) is 7.73. The Bertz CT molecular complexity index is 1090. The van der Waals surface area contributed by atoms with Crippen molar-refractivity contribution in [3.8, 4) is 11.3 Å². The van der Waals surface area contributed by atoms with E-state index in [-0.39, 0.29) is 34.6 Å². The van der Waals surface area contributed by atoms with E-state index in [0.717, 1.165) is 4.90 Å². The number of carbonyl (C=O) groups excluding carboxylic acids is 3. The monoisotopic (exact) mass is 443 g/mol. The number of ether oxygens (including phenoxy) is 1. The molecule has 2 aromatic rings. The van der Waals surface area contributed by atoms with Gasteiger partial charge in [0, 0.05) is 25.2 Å². The van der Waals surface area contributed by atoms with Gasteiger partial charge in [0.1, 0.15) is 18.1 Å². The standard InChI is InChI=1S/C20H17N3O7S/c24-18(21-7-9-29-10-8-21)12-22-19(25)17(31-20(22)26)11-13-5-6-16(30-13)14-3-1-2-4-15(14)23(27)28/h1-6,11H,7-10,12H2/b17-11-. The molecule has 0 radical (unpaired) electrons. The maximum Gasteiger partial charge on any atom is 0.294 e. The summed E-state index contributed by atoms with van der Waals surface area (Å²) in [5.41, 5.74) is 0.196. The van der Waals surface area contributed by atoms with Gasteiger partial charge in [-0.2, -0.15) is 0 Å². The number of thioether (sulfide) groups is 1. The third kappa shape index (κ3) is 4.37. The normalized spacial score (nSPS) is 18.1. The molecule has 0 unspecified atom stereocenters. The number of nitro groups is 1. The van der Waals surface area contributed by atoms with Crippen LogP contribution in [0.4, 0.5) is 10.5 Å². The largest absolute Gasteiger partial charge is 0.456 e. The van der Waals surface area contributed by atoms with Crippen LogP contribution in [0, 0.1) is 10.1 Å². The second kappa shape index (κ2) is 8.74. The number of nitro benzene ring substituents is 1. The average molecular weight is 443 g/mol. The van der Waals surface area contributed by atoms with Gasteiger partial charge in [-0.05, 0) is 30.0 Å². The zero-order chi connectivity index (χ0) is 22.0. The van der Waals surface area contributed by atoms with Crippen molar-refractivity contribution in [3.63, 3.8) is 0 Å². The van der Waals surface area contributed by atoms with Gasteiger partial charge in [0.05, 0.1) is 28.6 Å². The first-order valence-electron chi connectivity index (χ1n) is 9.38. The lowest BCUT2D eigenvalue weighted by atomic mass is 10.1. The molecular formula is C20H17N3O7S. The van der Waals surface area contributed by atoms with Crippen LogP contribution < -0.4 is 0 Å².